The van der Waals surface area contributed by atoms with Crippen LogP contribution in [-0.2, 0) is 4.74 Å². The van der Waals surface area contributed by atoms with Crippen LogP contribution in [0.25, 0.3) is 0 Å². The summed E-state index contributed by atoms with van der Waals surface area (Å²) in [5.41, 5.74) is 0.442. The van der Waals surface area contributed by atoms with Crippen LogP contribution in [0.5, 0.6) is 0 Å². The molecule has 1 saturated heterocycles. The van der Waals surface area contributed by atoms with Gasteiger partial charge in [0.15, 0.2) is 5.17 Å². The minimum atomic E-state index is 0.442. The van der Waals surface area contributed by atoms with Crippen LogP contribution in [-0.4, -0.2) is 36.7 Å². The van der Waals surface area contributed by atoms with Crippen LogP contribution in [0.4, 0.5) is 0 Å². The Bertz CT molecular complexity index is 309. The third kappa shape index (κ3) is 3.88. The summed E-state index contributed by atoms with van der Waals surface area (Å²) in [6.07, 6.45) is 4.84. The van der Waals surface area contributed by atoms with Crippen LogP contribution >= 0.6 is 11.8 Å². The molecule has 0 aromatic heterocycles. The monoisotopic (exact) mass is 284 g/mol. The van der Waals surface area contributed by atoms with E-state index < -0.39 is 0 Å². The zero-order valence-corrected chi connectivity index (χ0v) is 13.4. The topological polar surface area (TPSA) is 33.6 Å². The van der Waals surface area contributed by atoms with Gasteiger partial charge in [-0.15, -0.1) is 0 Å². The molecule has 1 unspecified atom stereocenters. The summed E-state index contributed by atoms with van der Waals surface area (Å²) in [6, 6.07) is 0.519. The van der Waals surface area contributed by atoms with Gasteiger partial charge in [-0.1, -0.05) is 25.6 Å². The summed E-state index contributed by atoms with van der Waals surface area (Å²) in [5.74, 6) is 1.95. The second-order valence-corrected chi connectivity index (χ2v) is 6.96. The molecule has 3 nitrogen and oxygen atoms in total. The molecule has 2 aliphatic heterocycles. The molecule has 0 aliphatic carbocycles. The van der Waals surface area contributed by atoms with Gasteiger partial charge in [-0.25, -0.2) is 0 Å². The number of amidine groups is 1. The van der Waals surface area contributed by atoms with Crippen molar-refractivity contribution < 1.29 is 4.74 Å². The maximum absolute atomic E-state index is 5.43. The van der Waals surface area contributed by atoms with E-state index >= 15 is 0 Å². The second-order valence-electron chi connectivity index (χ2n) is 6.00. The summed E-state index contributed by atoms with van der Waals surface area (Å²) < 4.78 is 5.43. The quantitative estimate of drug-likeness (QED) is 0.860. The molecular formula is C15H28N2OS. The highest BCUT2D eigenvalue weighted by atomic mass is 32.2. The van der Waals surface area contributed by atoms with E-state index in [-0.39, 0.29) is 0 Å². The van der Waals surface area contributed by atoms with Gasteiger partial charge in [-0.2, -0.15) is 0 Å². The van der Waals surface area contributed by atoms with E-state index in [2.05, 4.69) is 26.1 Å². The van der Waals surface area contributed by atoms with E-state index in [1.165, 1.54) is 31.4 Å². The molecule has 110 valence electrons. The lowest BCUT2D eigenvalue weighted by molar-refractivity contribution is 0.0583. The van der Waals surface area contributed by atoms with E-state index in [4.69, 9.17) is 9.73 Å². The molecule has 0 spiro atoms. The zero-order valence-electron chi connectivity index (χ0n) is 12.6. The maximum atomic E-state index is 5.43. The Morgan fingerprint density at radius 2 is 2.05 bits per heavy atom. The lowest BCUT2D eigenvalue weighted by Crippen LogP contribution is -2.42. The van der Waals surface area contributed by atoms with Crippen LogP contribution in [0.15, 0.2) is 4.99 Å². The highest BCUT2D eigenvalue weighted by Crippen LogP contribution is 2.35. The van der Waals surface area contributed by atoms with Crippen molar-refractivity contribution in [2.75, 3.05) is 25.5 Å². The standard InChI is InChI=1S/C15H28N2OS/c1-4-15(5-2)10-16-14(19-11-15)17-12(3)13-6-8-18-9-7-13/h12-13H,4-11H2,1-3H3,(H,16,17). The Hall–Kier alpha value is -0.220. The van der Waals surface area contributed by atoms with Gasteiger partial charge in [-0.05, 0) is 43.9 Å². The van der Waals surface area contributed by atoms with Crippen LogP contribution < -0.4 is 5.32 Å². The largest absolute Gasteiger partial charge is 0.381 e. The SMILES string of the molecule is CCC1(CC)CN=C(NC(C)C2CCOCC2)SC1. The number of rotatable bonds is 4. The number of nitrogens with zero attached hydrogens (tertiary/aromatic N) is 1. The maximum Gasteiger partial charge on any atom is 0.156 e. The van der Waals surface area contributed by atoms with Crippen molar-refractivity contribution in [2.24, 2.45) is 16.3 Å². The van der Waals surface area contributed by atoms with Gasteiger partial charge in [0.2, 0.25) is 0 Å². The second kappa shape index (κ2) is 6.98. The zero-order chi connectivity index (χ0) is 13.7. The van der Waals surface area contributed by atoms with Crippen molar-refractivity contribution in [3.63, 3.8) is 0 Å². The Morgan fingerprint density at radius 1 is 1.37 bits per heavy atom. The van der Waals surface area contributed by atoms with Crippen LogP contribution in [0, 0.1) is 11.3 Å². The first kappa shape index (κ1) is 15.2. The molecule has 1 fully saturated rings. The number of hydrogen-bond acceptors (Lipinski definition) is 4. The third-order valence-corrected chi connectivity index (χ3v) is 6.17. The summed E-state index contributed by atoms with van der Waals surface area (Å²) in [4.78, 5) is 4.80. The first-order valence-electron chi connectivity index (χ1n) is 7.70. The molecule has 0 saturated carbocycles. The smallest absolute Gasteiger partial charge is 0.156 e. The van der Waals surface area contributed by atoms with E-state index in [1.807, 2.05) is 11.8 Å². The molecule has 0 radical (unpaired) electrons. The Morgan fingerprint density at radius 3 is 2.58 bits per heavy atom. The molecular weight excluding hydrogens is 256 g/mol. The van der Waals surface area contributed by atoms with Gasteiger partial charge in [0.1, 0.15) is 0 Å². The molecule has 2 heterocycles. The minimum absolute atomic E-state index is 0.442. The first-order valence-corrected chi connectivity index (χ1v) is 8.69. The van der Waals surface area contributed by atoms with Gasteiger partial charge in [0, 0.05) is 31.6 Å². The third-order valence-electron chi connectivity index (χ3n) is 4.90. The predicted molar refractivity (Wildman–Crippen MR) is 83.9 cm³/mol. The minimum Gasteiger partial charge on any atom is -0.381 e. The van der Waals surface area contributed by atoms with E-state index in [9.17, 15) is 0 Å². The van der Waals surface area contributed by atoms with Crippen molar-refractivity contribution in [1.29, 1.82) is 0 Å². The molecule has 1 atom stereocenters. The summed E-state index contributed by atoms with van der Waals surface area (Å²) in [5, 5.41) is 4.80. The van der Waals surface area contributed by atoms with Gasteiger partial charge >= 0.3 is 0 Å². The van der Waals surface area contributed by atoms with Gasteiger partial charge < -0.3 is 10.1 Å². The molecule has 2 aliphatic rings. The van der Waals surface area contributed by atoms with Crippen molar-refractivity contribution in [3.8, 4) is 0 Å². The van der Waals surface area contributed by atoms with Gasteiger partial charge in [0.05, 0.1) is 0 Å². The Kier molecular flexibility index (Phi) is 5.58. The fourth-order valence-corrected chi connectivity index (χ4v) is 4.21. The van der Waals surface area contributed by atoms with Crippen molar-refractivity contribution in [3.05, 3.63) is 0 Å². The van der Waals surface area contributed by atoms with Crippen LogP contribution in [0.2, 0.25) is 0 Å². The Labute approximate surface area is 122 Å². The number of ether oxygens (including phenoxy) is 1. The molecule has 19 heavy (non-hydrogen) atoms. The summed E-state index contributed by atoms with van der Waals surface area (Å²) in [7, 11) is 0. The number of nitrogens with one attached hydrogen (secondary N) is 1. The molecule has 2 rings (SSSR count). The van der Waals surface area contributed by atoms with Crippen LogP contribution in [0.3, 0.4) is 0 Å². The fraction of sp³-hybridized carbons (Fsp3) is 0.933. The lowest BCUT2D eigenvalue weighted by atomic mass is 9.84. The summed E-state index contributed by atoms with van der Waals surface area (Å²) in [6.45, 7) is 9.72. The average Bonchev–Trinajstić information content (AvgIpc) is 2.49. The normalized spacial score (nSPS) is 25.7. The molecule has 0 amide bonds. The molecule has 4 heteroatoms. The van der Waals surface area contributed by atoms with Crippen molar-refractivity contribution >= 4 is 16.9 Å². The van der Waals surface area contributed by atoms with Crippen molar-refractivity contribution in [2.45, 2.75) is 52.5 Å². The first-order chi connectivity index (χ1) is 9.19. The molecule has 0 aromatic carbocycles. The molecule has 0 aromatic rings. The van der Waals surface area contributed by atoms with Gasteiger partial charge in [0.25, 0.3) is 0 Å². The number of thioether (sulfide) groups is 1. The van der Waals surface area contributed by atoms with E-state index in [0.29, 0.717) is 11.5 Å². The predicted octanol–water partition coefficient (Wildman–Crippen LogP) is 3.30. The number of aliphatic imine (C=N–C) groups is 1. The van der Waals surface area contributed by atoms with Gasteiger partial charge in [-0.3, -0.25) is 4.99 Å². The van der Waals surface area contributed by atoms with Crippen molar-refractivity contribution in [1.82, 2.24) is 5.32 Å². The summed E-state index contributed by atoms with van der Waals surface area (Å²) >= 11 is 1.92. The van der Waals surface area contributed by atoms with E-state index in [0.717, 1.165) is 30.8 Å². The van der Waals surface area contributed by atoms with E-state index in [1.54, 1.807) is 0 Å². The molecule has 0 bridgehead atoms. The highest BCUT2D eigenvalue weighted by Gasteiger charge is 2.31. The molecule has 1 N–H and O–H groups in total. The average molecular weight is 284 g/mol. The number of hydrogen-bond donors (Lipinski definition) is 1. The Balaban J connectivity index is 1.85. The highest BCUT2D eigenvalue weighted by molar-refractivity contribution is 8.13. The fourth-order valence-electron chi connectivity index (χ4n) is 2.85. The van der Waals surface area contributed by atoms with Crippen LogP contribution in [0.1, 0.15) is 46.5 Å². The lowest BCUT2D eigenvalue weighted by Gasteiger charge is -2.35.